The highest BCUT2D eigenvalue weighted by Gasteiger charge is 2.41. The van der Waals surface area contributed by atoms with E-state index in [4.69, 9.17) is 0 Å². The maximum atomic E-state index is 9.97. The zero-order valence-electron chi connectivity index (χ0n) is 17.9. The van der Waals surface area contributed by atoms with Gasteiger partial charge in [0.2, 0.25) is 0 Å². The molecule has 0 heterocycles. The SMILES string of the molecule is C[C@H](CCCC(C)(C)O)C1CCC2/C(=C/C=C3/CCCC(O)C3)CCCC21. The van der Waals surface area contributed by atoms with Gasteiger partial charge in [0.15, 0.2) is 0 Å². The number of rotatable bonds is 6. The Morgan fingerprint density at radius 2 is 1.85 bits per heavy atom. The lowest BCUT2D eigenvalue weighted by Gasteiger charge is -2.34. The van der Waals surface area contributed by atoms with Crippen LogP contribution in [0.2, 0.25) is 0 Å². The first-order valence-corrected chi connectivity index (χ1v) is 11.6. The van der Waals surface area contributed by atoms with Crippen LogP contribution in [0.1, 0.15) is 97.8 Å². The van der Waals surface area contributed by atoms with E-state index in [1.54, 1.807) is 5.57 Å². The molecule has 2 N–H and O–H groups in total. The van der Waals surface area contributed by atoms with E-state index >= 15 is 0 Å². The summed E-state index contributed by atoms with van der Waals surface area (Å²) in [7, 11) is 0. The van der Waals surface area contributed by atoms with Gasteiger partial charge < -0.3 is 10.2 Å². The summed E-state index contributed by atoms with van der Waals surface area (Å²) >= 11 is 0. The standard InChI is InChI=1S/C25H42O2/c1-18(7-6-16-25(2,3)27)22-14-15-23-20(9-5-11-24(22)23)13-12-19-8-4-10-21(26)17-19/h12-13,18,21-24,26-27H,4-11,14-17H2,1-3H3/b19-12-,20-13+/t18-,21?,22?,23?,24?/m1/s1. The minimum atomic E-state index is -0.515. The van der Waals surface area contributed by atoms with E-state index in [1.807, 2.05) is 13.8 Å². The molecule has 2 heteroatoms. The predicted molar refractivity (Wildman–Crippen MR) is 114 cm³/mol. The van der Waals surface area contributed by atoms with E-state index in [0.29, 0.717) is 0 Å². The second kappa shape index (κ2) is 9.27. The van der Waals surface area contributed by atoms with Crippen LogP contribution in [0.25, 0.3) is 0 Å². The maximum absolute atomic E-state index is 9.97. The van der Waals surface area contributed by atoms with Crippen LogP contribution in [0.15, 0.2) is 23.3 Å². The van der Waals surface area contributed by atoms with Crippen molar-refractivity contribution in [1.29, 1.82) is 0 Å². The Labute approximate surface area is 167 Å². The Balaban J connectivity index is 1.58. The fourth-order valence-electron chi connectivity index (χ4n) is 6.13. The molecule has 0 bridgehead atoms. The van der Waals surface area contributed by atoms with Crippen LogP contribution >= 0.6 is 0 Å². The van der Waals surface area contributed by atoms with Crippen LogP contribution in [0.5, 0.6) is 0 Å². The molecular formula is C25H42O2. The maximum Gasteiger partial charge on any atom is 0.0591 e. The second-order valence-corrected chi connectivity index (χ2v) is 10.4. The van der Waals surface area contributed by atoms with Gasteiger partial charge in [0.1, 0.15) is 0 Å². The highest BCUT2D eigenvalue weighted by molar-refractivity contribution is 5.24. The van der Waals surface area contributed by atoms with Crippen LogP contribution in [-0.2, 0) is 0 Å². The van der Waals surface area contributed by atoms with E-state index < -0.39 is 5.60 Å². The zero-order valence-corrected chi connectivity index (χ0v) is 17.9. The first-order valence-electron chi connectivity index (χ1n) is 11.6. The van der Waals surface area contributed by atoms with Crippen molar-refractivity contribution in [2.24, 2.45) is 23.7 Å². The summed E-state index contributed by atoms with van der Waals surface area (Å²) in [6.45, 7) is 6.32. The van der Waals surface area contributed by atoms with Crippen molar-refractivity contribution in [1.82, 2.24) is 0 Å². The third-order valence-electron chi connectivity index (χ3n) is 7.60. The smallest absolute Gasteiger partial charge is 0.0591 e. The van der Waals surface area contributed by atoms with Gasteiger partial charge in [-0.05, 0) is 102 Å². The highest BCUT2D eigenvalue weighted by atomic mass is 16.3. The van der Waals surface area contributed by atoms with Gasteiger partial charge in [0.05, 0.1) is 11.7 Å². The molecule has 0 aromatic carbocycles. The van der Waals surface area contributed by atoms with Gasteiger partial charge in [-0.2, -0.15) is 0 Å². The summed E-state index contributed by atoms with van der Waals surface area (Å²) in [4.78, 5) is 0. The zero-order chi connectivity index (χ0) is 19.4. The Morgan fingerprint density at radius 1 is 1.07 bits per heavy atom. The Hall–Kier alpha value is -0.600. The molecule has 3 saturated carbocycles. The van der Waals surface area contributed by atoms with E-state index in [9.17, 15) is 10.2 Å². The molecule has 0 spiro atoms. The fraction of sp³-hybridized carbons (Fsp3) is 0.840. The number of aliphatic hydroxyl groups excluding tert-OH is 1. The lowest BCUT2D eigenvalue weighted by Crippen LogP contribution is -2.25. The normalized spacial score (nSPS) is 36.2. The van der Waals surface area contributed by atoms with Gasteiger partial charge in [-0.15, -0.1) is 0 Å². The molecule has 3 fully saturated rings. The van der Waals surface area contributed by atoms with Gasteiger partial charge >= 0.3 is 0 Å². The van der Waals surface area contributed by atoms with Crippen LogP contribution in [0.3, 0.4) is 0 Å². The minimum absolute atomic E-state index is 0.108. The summed E-state index contributed by atoms with van der Waals surface area (Å²) in [5.74, 6) is 3.36. The van der Waals surface area contributed by atoms with Crippen molar-refractivity contribution in [2.45, 2.75) is 110 Å². The third-order valence-corrected chi connectivity index (χ3v) is 7.60. The first-order chi connectivity index (χ1) is 12.8. The number of allylic oxidation sites excluding steroid dienone is 3. The van der Waals surface area contributed by atoms with Crippen LogP contribution in [0.4, 0.5) is 0 Å². The summed E-state index contributed by atoms with van der Waals surface area (Å²) < 4.78 is 0. The second-order valence-electron chi connectivity index (χ2n) is 10.4. The lowest BCUT2D eigenvalue weighted by atomic mass is 9.71. The van der Waals surface area contributed by atoms with Gasteiger partial charge in [0, 0.05) is 0 Å². The number of fused-ring (bicyclic) bond motifs is 1. The molecule has 0 amide bonds. The van der Waals surface area contributed by atoms with Gasteiger partial charge in [-0.1, -0.05) is 43.1 Å². The van der Waals surface area contributed by atoms with E-state index in [0.717, 1.165) is 55.8 Å². The molecule has 5 atom stereocenters. The molecule has 2 nitrogen and oxygen atoms in total. The molecule has 0 aromatic rings. The molecule has 3 aliphatic rings. The molecule has 0 aromatic heterocycles. The largest absolute Gasteiger partial charge is 0.393 e. The predicted octanol–water partition coefficient (Wildman–Crippen LogP) is 6.18. The van der Waals surface area contributed by atoms with Crippen LogP contribution < -0.4 is 0 Å². The molecule has 0 aliphatic heterocycles. The molecule has 3 rings (SSSR count). The van der Waals surface area contributed by atoms with Crippen molar-refractivity contribution >= 4 is 0 Å². The summed E-state index contributed by atoms with van der Waals surface area (Å²) in [5.41, 5.74) is 2.64. The van der Waals surface area contributed by atoms with Crippen molar-refractivity contribution in [3.8, 4) is 0 Å². The number of hydrogen-bond acceptors (Lipinski definition) is 2. The van der Waals surface area contributed by atoms with Gasteiger partial charge in [-0.3, -0.25) is 0 Å². The van der Waals surface area contributed by atoms with Crippen LogP contribution in [-0.4, -0.2) is 21.9 Å². The highest BCUT2D eigenvalue weighted by Crippen LogP contribution is 2.51. The molecule has 4 unspecified atom stereocenters. The molecule has 0 saturated heterocycles. The van der Waals surface area contributed by atoms with E-state index in [2.05, 4.69) is 19.1 Å². The van der Waals surface area contributed by atoms with Crippen molar-refractivity contribution in [2.75, 3.05) is 0 Å². The molecule has 154 valence electrons. The summed E-state index contributed by atoms with van der Waals surface area (Å²) in [6.07, 6.45) is 19.0. The van der Waals surface area contributed by atoms with Crippen LogP contribution in [0, 0.1) is 23.7 Å². The Morgan fingerprint density at radius 3 is 2.59 bits per heavy atom. The van der Waals surface area contributed by atoms with E-state index in [-0.39, 0.29) is 6.10 Å². The van der Waals surface area contributed by atoms with Gasteiger partial charge in [0.25, 0.3) is 0 Å². The molecular weight excluding hydrogens is 332 g/mol. The fourth-order valence-corrected chi connectivity index (χ4v) is 6.13. The summed E-state index contributed by atoms with van der Waals surface area (Å²) in [6, 6.07) is 0. The number of aliphatic hydroxyl groups is 2. The monoisotopic (exact) mass is 374 g/mol. The quantitative estimate of drug-likeness (QED) is 0.583. The lowest BCUT2D eigenvalue weighted by molar-refractivity contribution is 0.0652. The topological polar surface area (TPSA) is 40.5 Å². The van der Waals surface area contributed by atoms with Crippen molar-refractivity contribution in [3.63, 3.8) is 0 Å². The van der Waals surface area contributed by atoms with Gasteiger partial charge in [-0.25, -0.2) is 0 Å². The molecule has 27 heavy (non-hydrogen) atoms. The van der Waals surface area contributed by atoms with E-state index in [1.165, 1.54) is 50.5 Å². The third kappa shape index (κ3) is 5.94. The molecule has 0 radical (unpaired) electrons. The average molecular weight is 375 g/mol. The number of hydrogen-bond donors (Lipinski definition) is 2. The Kier molecular flexibility index (Phi) is 7.25. The average Bonchev–Trinajstić information content (AvgIpc) is 3.03. The Bertz CT molecular complexity index is 539. The summed E-state index contributed by atoms with van der Waals surface area (Å²) in [5, 5.41) is 19.9. The molecule has 3 aliphatic carbocycles. The first kappa shape index (κ1) is 21.1. The van der Waals surface area contributed by atoms with Crippen molar-refractivity contribution < 1.29 is 10.2 Å². The van der Waals surface area contributed by atoms with Crippen molar-refractivity contribution in [3.05, 3.63) is 23.3 Å². The minimum Gasteiger partial charge on any atom is -0.393 e.